The van der Waals surface area contributed by atoms with Gasteiger partial charge in [0.2, 0.25) is 5.91 Å². The van der Waals surface area contributed by atoms with Crippen LogP contribution in [-0.2, 0) is 24.0 Å². The van der Waals surface area contributed by atoms with E-state index in [2.05, 4.69) is 23.2 Å². The van der Waals surface area contributed by atoms with Crippen molar-refractivity contribution in [2.24, 2.45) is 5.92 Å². The Labute approximate surface area is 216 Å². The summed E-state index contributed by atoms with van der Waals surface area (Å²) in [6, 6.07) is 10.7. The third-order valence-electron chi connectivity index (χ3n) is 8.32. The topological polar surface area (TPSA) is 41.6 Å². The molecule has 2 aromatic carbocycles. The molecular formula is C30H35F3N2O2. The molecule has 1 heterocycles. The van der Waals surface area contributed by atoms with E-state index in [0.29, 0.717) is 16.9 Å². The summed E-state index contributed by atoms with van der Waals surface area (Å²) in [5.41, 5.74) is 5.54. The van der Waals surface area contributed by atoms with Gasteiger partial charge in [-0.05, 0) is 84.6 Å². The van der Waals surface area contributed by atoms with Crippen LogP contribution in [0.4, 0.5) is 13.2 Å². The molecule has 0 spiro atoms. The van der Waals surface area contributed by atoms with Crippen LogP contribution in [0, 0.1) is 5.92 Å². The summed E-state index contributed by atoms with van der Waals surface area (Å²) in [6.45, 7) is 4.74. The number of rotatable bonds is 7. The number of hydrogen-bond donors (Lipinski definition) is 1. The Balaban J connectivity index is 1.24. The number of nitrogens with one attached hydrogen (secondary N) is 1. The van der Waals surface area contributed by atoms with Gasteiger partial charge in [0, 0.05) is 26.7 Å². The zero-order chi connectivity index (χ0) is 26.2. The van der Waals surface area contributed by atoms with Crippen LogP contribution in [0.15, 0.2) is 42.0 Å². The third kappa shape index (κ3) is 5.57. The summed E-state index contributed by atoms with van der Waals surface area (Å²) in [5.74, 6) is 0.891. The number of benzene rings is 2. The summed E-state index contributed by atoms with van der Waals surface area (Å²) in [5, 5.41) is 2.72. The second-order valence-electron chi connectivity index (χ2n) is 10.7. The van der Waals surface area contributed by atoms with Gasteiger partial charge in [-0.3, -0.25) is 9.69 Å². The summed E-state index contributed by atoms with van der Waals surface area (Å²) >= 11 is 0. The fourth-order valence-corrected chi connectivity index (χ4v) is 6.13. The molecule has 0 aromatic heterocycles. The van der Waals surface area contributed by atoms with E-state index in [1.165, 1.54) is 28.3 Å². The Kier molecular flexibility index (Phi) is 7.35. The number of nitrogens with zero attached hydrogens (tertiary/aromatic N) is 1. The number of aryl methyl sites for hydroxylation is 1. The lowest BCUT2D eigenvalue weighted by molar-refractivity contribution is -0.138. The number of amides is 1. The van der Waals surface area contributed by atoms with E-state index >= 15 is 0 Å². The van der Waals surface area contributed by atoms with E-state index < -0.39 is 11.7 Å². The van der Waals surface area contributed by atoms with Crippen molar-refractivity contribution < 1.29 is 22.7 Å². The first-order valence-electron chi connectivity index (χ1n) is 13.3. The van der Waals surface area contributed by atoms with E-state index in [1.54, 1.807) is 19.2 Å². The highest BCUT2D eigenvalue weighted by Crippen LogP contribution is 2.42. The minimum absolute atomic E-state index is 0.00628. The number of hydrogen-bond acceptors (Lipinski definition) is 3. The van der Waals surface area contributed by atoms with E-state index in [9.17, 15) is 18.0 Å². The van der Waals surface area contributed by atoms with Crippen LogP contribution in [0.5, 0.6) is 5.75 Å². The maximum atomic E-state index is 13.8. The lowest BCUT2D eigenvalue weighted by atomic mass is 9.85. The van der Waals surface area contributed by atoms with Crippen LogP contribution >= 0.6 is 0 Å². The quantitative estimate of drug-likeness (QED) is 0.471. The molecule has 5 rings (SSSR count). The van der Waals surface area contributed by atoms with Gasteiger partial charge >= 0.3 is 6.18 Å². The fraction of sp³-hybridized carbons (Fsp3) is 0.500. The van der Waals surface area contributed by atoms with Gasteiger partial charge in [0.15, 0.2) is 0 Å². The average molecular weight is 513 g/mol. The number of ether oxygens (including phenoxy) is 1. The highest BCUT2D eigenvalue weighted by molar-refractivity contribution is 5.79. The molecule has 2 fully saturated rings. The first-order chi connectivity index (χ1) is 17.7. The van der Waals surface area contributed by atoms with Crippen LogP contribution in [0.1, 0.15) is 72.8 Å². The Hall–Kier alpha value is -2.80. The van der Waals surface area contributed by atoms with Crippen LogP contribution in [0.3, 0.4) is 0 Å². The standard InChI is InChI=1S/C30H35F3N2O2/c1-19-23(15-35-16-24(17-35)29(36)34-2)9-8-22-14-25(10-12-26(19)22)37-18-20-7-11-27(21-5-3-4-6-21)28(13-20)30(31,32)33/h7,10-14,21,24H,3-6,8-9,15-18H2,1-2H3,(H,34,36). The maximum Gasteiger partial charge on any atom is 0.416 e. The lowest BCUT2D eigenvalue weighted by Gasteiger charge is -2.39. The number of allylic oxidation sites excluding steroid dienone is 1. The number of carbonyl (C=O) groups excluding carboxylic acids is 1. The van der Waals surface area contributed by atoms with Crippen LogP contribution in [-0.4, -0.2) is 37.5 Å². The Morgan fingerprint density at radius 3 is 2.54 bits per heavy atom. The third-order valence-corrected chi connectivity index (χ3v) is 8.32. The molecule has 1 saturated heterocycles. The highest BCUT2D eigenvalue weighted by Gasteiger charge is 2.36. The largest absolute Gasteiger partial charge is 0.489 e. The molecule has 0 unspecified atom stereocenters. The van der Waals surface area contributed by atoms with Gasteiger partial charge in [0.05, 0.1) is 11.5 Å². The molecule has 3 aliphatic rings. The summed E-state index contributed by atoms with van der Waals surface area (Å²) in [4.78, 5) is 14.1. The van der Waals surface area contributed by atoms with Crippen molar-refractivity contribution in [1.82, 2.24) is 10.2 Å². The predicted octanol–water partition coefficient (Wildman–Crippen LogP) is 6.34. The number of likely N-dealkylation sites (tertiary alicyclic amines) is 1. The second kappa shape index (κ2) is 10.5. The van der Waals surface area contributed by atoms with Gasteiger partial charge < -0.3 is 10.1 Å². The average Bonchev–Trinajstić information content (AvgIpc) is 3.39. The molecule has 2 aliphatic carbocycles. The minimum Gasteiger partial charge on any atom is -0.489 e. The maximum absolute atomic E-state index is 13.8. The molecule has 37 heavy (non-hydrogen) atoms. The Bertz CT molecular complexity index is 1190. The normalized spacial score (nSPS) is 19.1. The van der Waals surface area contributed by atoms with Crippen molar-refractivity contribution in [1.29, 1.82) is 0 Å². The number of alkyl halides is 3. The van der Waals surface area contributed by atoms with Gasteiger partial charge in [-0.2, -0.15) is 13.2 Å². The smallest absolute Gasteiger partial charge is 0.416 e. The van der Waals surface area contributed by atoms with Crippen molar-refractivity contribution >= 4 is 11.5 Å². The Morgan fingerprint density at radius 1 is 1.08 bits per heavy atom. The van der Waals surface area contributed by atoms with Gasteiger partial charge in [-0.1, -0.05) is 36.6 Å². The molecule has 1 N–H and O–H groups in total. The van der Waals surface area contributed by atoms with E-state index in [-0.39, 0.29) is 24.3 Å². The van der Waals surface area contributed by atoms with Crippen LogP contribution in [0.25, 0.3) is 5.57 Å². The van der Waals surface area contributed by atoms with Crippen molar-refractivity contribution in [2.45, 2.75) is 64.1 Å². The zero-order valence-corrected chi connectivity index (χ0v) is 21.6. The van der Waals surface area contributed by atoms with Gasteiger partial charge in [0.1, 0.15) is 12.4 Å². The molecule has 2 aromatic rings. The predicted molar refractivity (Wildman–Crippen MR) is 138 cm³/mol. The SMILES string of the molecule is CNC(=O)C1CN(CC2=C(C)c3ccc(OCc4ccc(C5CCCC5)c(C(F)(F)F)c4)cc3CC2)C1. The van der Waals surface area contributed by atoms with Crippen molar-refractivity contribution in [3.63, 3.8) is 0 Å². The summed E-state index contributed by atoms with van der Waals surface area (Å²) < 4.78 is 47.4. The van der Waals surface area contributed by atoms with Crippen molar-refractivity contribution in [3.05, 3.63) is 69.8 Å². The molecular weight excluding hydrogens is 477 g/mol. The number of halogens is 3. The first kappa shape index (κ1) is 25.8. The van der Waals surface area contributed by atoms with Crippen LogP contribution < -0.4 is 10.1 Å². The molecule has 1 aliphatic heterocycles. The van der Waals surface area contributed by atoms with Gasteiger partial charge in [-0.15, -0.1) is 0 Å². The summed E-state index contributed by atoms with van der Waals surface area (Å²) in [6.07, 6.45) is 1.16. The van der Waals surface area contributed by atoms with E-state index in [0.717, 1.165) is 58.2 Å². The highest BCUT2D eigenvalue weighted by atomic mass is 19.4. The Morgan fingerprint density at radius 2 is 1.84 bits per heavy atom. The first-order valence-corrected chi connectivity index (χ1v) is 13.3. The molecule has 0 bridgehead atoms. The van der Waals surface area contributed by atoms with E-state index in [4.69, 9.17) is 4.74 Å². The fourth-order valence-electron chi connectivity index (χ4n) is 6.13. The zero-order valence-electron chi connectivity index (χ0n) is 21.6. The van der Waals surface area contributed by atoms with Crippen molar-refractivity contribution in [3.8, 4) is 5.75 Å². The molecule has 4 nitrogen and oxygen atoms in total. The molecule has 198 valence electrons. The molecule has 1 amide bonds. The molecule has 1 saturated carbocycles. The summed E-state index contributed by atoms with van der Waals surface area (Å²) in [7, 11) is 1.68. The molecule has 0 radical (unpaired) electrons. The van der Waals surface area contributed by atoms with Crippen LogP contribution in [0.2, 0.25) is 0 Å². The minimum atomic E-state index is -4.36. The number of fused-ring (bicyclic) bond motifs is 1. The van der Waals surface area contributed by atoms with Crippen molar-refractivity contribution in [2.75, 3.05) is 26.7 Å². The lowest BCUT2D eigenvalue weighted by Crippen LogP contribution is -2.53. The molecule has 7 heteroatoms. The molecule has 0 atom stereocenters. The van der Waals surface area contributed by atoms with E-state index in [1.807, 2.05) is 12.1 Å². The van der Waals surface area contributed by atoms with Gasteiger partial charge in [0.25, 0.3) is 0 Å². The van der Waals surface area contributed by atoms with Gasteiger partial charge in [-0.25, -0.2) is 0 Å². The monoisotopic (exact) mass is 512 g/mol. The number of carbonyl (C=O) groups is 1. The second-order valence-corrected chi connectivity index (χ2v) is 10.7.